The van der Waals surface area contributed by atoms with Crippen LogP contribution in [0.15, 0.2) is 18.2 Å². The fourth-order valence-corrected chi connectivity index (χ4v) is 3.62. The summed E-state index contributed by atoms with van der Waals surface area (Å²) in [5.74, 6) is 1.53. The number of carbonyl (C=O) groups excluding carboxylic acids is 2. The number of amides is 2. The van der Waals surface area contributed by atoms with Gasteiger partial charge >= 0.3 is 0 Å². The number of rotatable bonds is 6. The molecule has 2 N–H and O–H groups in total. The minimum absolute atomic E-state index is 0.177. The van der Waals surface area contributed by atoms with Gasteiger partial charge in [-0.25, -0.2) is 4.98 Å². The SMILES string of the molecule is CC(C)CCNC(=O)c1nc(C(=O)Nc2ccc3c(c2)OCO3)c2n1CCCC2. The summed E-state index contributed by atoms with van der Waals surface area (Å²) in [4.78, 5) is 30.0. The molecule has 2 aliphatic heterocycles. The summed E-state index contributed by atoms with van der Waals surface area (Å²) in [6, 6.07) is 5.24. The van der Waals surface area contributed by atoms with Crippen molar-refractivity contribution in [2.24, 2.45) is 5.92 Å². The van der Waals surface area contributed by atoms with Crippen LogP contribution in [-0.2, 0) is 13.0 Å². The Morgan fingerprint density at radius 2 is 2.00 bits per heavy atom. The predicted octanol–water partition coefficient (Wildman–Crippen LogP) is 2.98. The van der Waals surface area contributed by atoms with Crippen molar-refractivity contribution >= 4 is 17.5 Å². The molecule has 0 saturated carbocycles. The van der Waals surface area contributed by atoms with E-state index in [4.69, 9.17) is 9.47 Å². The minimum atomic E-state index is -0.323. The van der Waals surface area contributed by atoms with Crippen LogP contribution in [-0.4, -0.2) is 34.7 Å². The number of carbonyl (C=O) groups is 2. The molecule has 0 fully saturated rings. The lowest BCUT2D eigenvalue weighted by Crippen LogP contribution is -2.29. The Morgan fingerprint density at radius 3 is 2.83 bits per heavy atom. The second-order valence-corrected chi connectivity index (χ2v) is 7.80. The van der Waals surface area contributed by atoms with Crippen molar-refractivity contribution in [1.82, 2.24) is 14.9 Å². The van der Waals surface area contributed by atoms with Crippen molar-refractivity contribution in [2.45, 2.75) is 46.1 Å². The number of hydrogen-bond donors (Lipinski definition) is 2. The number of nitrogens with one attached hydrogen (secondary N) is 2. The Morgan fingerprint density at radius 1 is 1.17 bits per heavy atom. The molecule has 4 rings (SSSR count). The largest absolute Gasteiger partial charge is 0.454 e. The Bertz CT molecular complexity index is 935. The molecule has 8 heteroatoms. The Labute approximate surface area is 169 Å². The van der Waals surface area contributed by atoms with E-state index in [0.29, 0.717) is 47.7 Å². The molecule has 29 heavy (non-hydrogen) atoms. The number of nitrogens with zero attached hydrogens (tertiary/aromatic N) is 2. The van der Waals surface area contributed by atoms with E-state index in [1.165, 1.54) is 0 Å². The lowest BCUT2D eigenvalue weighted by Gasteiger charge is -2.17. The van der Waals surface area contributed by atoms with Gasteiger partial charge in [0.2, 0.25) is 6.79 Å². The van der Waals surface area contributed by atoms with Gasteiger partial charge in [0.25, 0.3) is 11.8 Å². The zero-order valence-corrected chi connectivity index (χ0v) is 16.8. The third-order valence-electron chi connectivity index (χ3n) is 5.17. The van der Waals surface area contributed by atoms with E-state index in [2.05, 4.69) is 29.5 Å². The average Bonchev–Trinajstić information content (AvgIpc) is 3.32. The number of anilines is 1. The molecule has 0 saturated heterocycles. The van der Waals surface area contributed by atoms with Crippen LogP contribution in [0.3, 0.4) is 0 Å². The fourth-order valence-electron chi connectivity index (χ4n) is 3.62. The smallest absolute Gasteiger partial charge is 0.287 e. The first kappa shape index (κ1) is 19.3. The van der Waals surface area contributed by atoms with Crippen molar-refractivity contribution in [1.29, 1.82) is 0 Å². The molecule has 0 unspecified atom stereocenters. The van der Waals surface area contributed by atoms with Crippen LogP contribution in [0.5, 0.6) is 11.5 Å². The number of benzene rings is 1. The first-order valence-electron chi connectivity index (χ1n) is 10.1. The maximum atomic E-state index is 12.9. The standard InChI is InChI=1S/C21H26N4O4/c1-13(2)8-9-22-21(27)19-24-18(15-5-3-4-10-25(15)19)20(26)23-14-6-7-16-17(11-14)29-12-28-16/h6-7,11,13H,3-5,8-10,12H2,1-2H3,(H,22,27)(H,23,26). The molecule has 8 nitrogen and oxygen atoms in total. The van der Waals surface area contributed by atoms with Crippen molar-refractivity contribution < 1.29 is 19.1 Å². The van der Waals surface area contributed by atoms with E-state index in [1.54, 1.807) is 18.2 Å². The third-order valence-corrected chi connectivity index (χ3v) is 5.17. The second-order valence-electron chi connectivity index (χ2n) is 7.80. The number of aromatic nitrogens is 2. The summed E-state index contributed by atoms with van der Waals surface area (Å²) in [5.41, 5.74) is 1.74. The van der Waals surface area contributed by atoms with Gasteiger partial charge in [0.05, 0.1) is 5.69 Å². The molecule has 0 aliphatic carbocycles. The minimum Gasteiger partial charge on any atom is -0.454 e. The van der Waals surface area contributed by atoms with Gasteiger partial charge in [-0.15, -0.1) is 0 Å². The Kier molecular flexibility index (Phi) is 5.42. The topological polar surface area (TPSA) is 94.5 Å². The number of imidazole rings is 1. The van der Waals surface area contributed by atoms with Gasteiger partial charge in [0.1, 0.15) is 0 Å². The van der Waals surface area contributed by atoms with Gasteiger partial charge < -0.3 is 24.7 Å². The van der Waals surface area contributed by atoms with E-state index in [1.807, 2.05) is 4.57 Å². The molecular weight excluding hydrogens is 372 g/mol. The summed E-state index contributed by atoms with van der Waals surface area (Å²) in [7, 11) is 0. The van der Waals surface area contributed by atoms with E-state index in [9.17, 15) is 9.59 Å². The van der Waals surface area contributed by atoms with Crippen molar-refractivity contribution in [3.63, 3.8) is 0 Å². The van der Waals surface area contributed by atoms with E-state index in [-0.39, 0.29) is 18.6 Å². The van der Waals surface area contributed by atoms with Crippen molar-refractivity contribution in [2.75, 3.05) is 18.7 Å². The van der Waals surface area contributed by atoms with Crippen LogP contribution in [0.1, 0.15) is 59.9 Å². The van der Waals surface area contributed by atoms with Crippen molar-refractivity contribution in [3.05, 3.63) is 35.4 Å². The number of fused-ring (bicyclic) bond motifs is 2. The van der Waals surface area contributed by atoms with Gasteiger partial charge in [0.15, 0.2) is 23.0 Å². The summed E-state index contributed by atoms with van der Waals surface area (Å²) in [6.07, 6.45) is 3.58. The number of hydrogen-bond acceptors (Lipinski definition) is 5. The van der Waals surface area contributed by atoms with Gasteiger partial charge in [-0.3, -0.25) is 9.59 Å². The van der Waals surface area contributed by atoms with Crippen LogP contribution in [0.4, 0.5) is 5.69 Å². The molecule has 3 heterocycles. The molecule has 154 valence electrons. The molecule has 0 radical (unpaired) electrons. The van der Waals surface area contributed by atoms with Crippen LogP contribution >= 0.6 is 0 Å². The lowest BCUT2D eigenvalue weighted by molar-refractivity contribution is 0.0936. The predicted molar refractivity (Wildman–Crippen MR) is 107 cm³/mol. The third kappa shape index (κ3) is 4.06. The second kappa shape index (κ2) is 8.14. The molecule has 2 aliphatic rings. The highest BCUT2D eigenvalue weighted by Gasteiger charge is 2.27. The molecule has 1 aromatic carbocycles. The van der Waals surface area contributed by atoms with E-state index < -0.39 is 0 Å². The molecule has 1 aromatic heterocycles. The highest BCUT2D eigenvalue weighted by atomic mass is 16.7. The summed E-state index contributed by atoms with van der Waals surface area (Å²) in [6.45, 7) is 5.70. The quantitative estimate of drug-likeness (QED) is 0.780. The summed E-state index contributed by atoms with van der Waals surface area (Å²) in [5, 5.41) is 5.79. The van der Waals surface area contributed by atoms with Gasteiger partial charge in [-0.05, 0) is 43.7 Å². The molecule has 0 spiro atoms. The van der Waals surface area contributed by atoms with Crippen LogP contribution < -0.4 is 20.1 Å². The lowest BCUT2D eigenvalue weighted by atomic mass is 10.1. The van der Waals surface area contributed by atoms with E-state index >= 15 is 0 Å². The summed E-state index contributed by atoms with van der Waals surface area (Å²) < 4.78 is 12.6. The van der Waals surface area contributed by atoms with E-state index in [0.717, 1.165) is 31.4 Å². The molecule has 2 aromatic rings. The Hall–Kier alpha value is -3.03. The first-order valence-corrected chi connectivity index (χ1v) is 10.1. The van der Waals surface area contributed by atoms with Gasteiger partial charge in [-0.1, -0.05) is 13.8 Å². The summed E-state index contributed by atoms with van der Waals surface area (Å²) >= 11 is 0. The van der Waals surface area contributed by atoms with Gasteiger partial charge in [-0.2, -0.15) is 0 Å². The highest BCUT2D eigenvalue weighted by Crippen LogP contribution is 2.34. The fraction of sp³-hybridized carbons (Fsp3) is 0.476. The van der Waals surface area contributed by atoms with Crippen LogP contribution in [0.2, 0.25) is 0 Å². The first-order chi connectivity index (χ1) is 14.0. The maximum absolute atomic E-state index is 12.9. The molecule has 0 atom stereocenters. The zero-order valence-electron chi connectivity index (χ0n) is 16.8. The van der Waals surface area contributed by atoms with Gasteiger partial charge in [0, 0.05) is 24.8 Å². The number of ether oxygens (including phenoxy) is 2. The monoisotopic (exact) mass is 398 g/mol. The molecule has 2 amide bonds. The highest BCUT2D eigenvalue weighted by molar-refractivity contribution is 6.05. The van der Waals surface area contributed by atoms with Crippen molar-refractivity contribution in [3.8, 4) is 11.5 Å². The molecule has 0 bridgehead atoms. The normalized spacial score (nSPS) is 14.6. The Balaban J connectivity index is 1.54. The maximum Gasteiger partial charge on any atom is 0.287 e. The zero-order chi connectivity index (χ0) is 20.4. The van der Waals surface area contributed by atoms with Crippen LogP contribution in [0, 0.1) is 5.92 Å². The molecular formula is C21H26N4O4. The average molecular weight is 398 g/mol. The van der Waals surface area contributed by atoms with Crippen LogP contribution in [0.25, 0.3) is 0 Å².